The van der Waals surface area contributed by atoms with Crippen molar-refractivity contribution in [2.75, 3.05) is 13.1 Å². The van der Waals surface area contributed by atoms with E-state index in [1.54, 1.807) is 18.2 Å². The van der Waals surface area contributed by atoms with Crippen molar-refractivity contribution in [3.8, 4) is 0 Å². The monoisotopic (exact) mass is 420 g/mol. The SMILES string of the molecule is CC(C)[C@H](C)NC(=O)C1CCN(S(=O)(=O)Cc2ccc(Cl)c(Cl)c2)CC1. The van der Waals surface area contributed by atoms with Gasteiger partial charge in [-0.15, -0.1) is 0 Å². The first-order chi connectivity index (χ1) is 12.1. The Morgan fingerprint density at radius 3 is 2.35 bits per heavy atom. The molecule has 1 saturated heterocycles. The van der Waals surface area contributed by atoms with E-state index in [1.807, 2.05) is 6.92 Å². The molecule has 1 aliphatic heterocycles. The Bertz CT molecular complexity index is 745. The van der Waals surface area contributed by atoms with Crippen LogP contribution in [0.2, 0.25) is 10.0 Å². The van der Waals surface area contributed by atoms with Gasteiger partial charge in [-0.05, 0) is 43.4 Å². The minimum atomic E-state index is -3.45. The van der Waals surface area contributed by atoms with Gasteiger partial charge in [-0.25, -0.2) is 12.7 Å². The number of sulfonamides is 1. The molecule has 1 aromatic carbocycles. The zero-order valence-electron chi connectivity index (χ0n) is 15.3. The first-order valence-corrected chi connectivity index (χ1v) is 11.2. The van der Waals surface area contributed by atoms with Gasteiger partial charge in [-0.2, -0.15) is 0 Å². The topological polar surface area (TPSA) is 66.5 Å². The van der Waals surface area contributed by atoms with E-state index in [9.17, 15) is 13.2 Å². The van der Waals surface area contributed by atoms with E-state index in [1.165, 1.54) is 4.31 Å². The molecule has 0 spiro atoms. The third kappa shape index (κ3) is 5.59. The summed E-state index contributed by atoms with van der Waals surface area (Å²) < 4.78 is 26.8. The Hall–Kier alpha value is -0.820. The highest BCUT2D eigenvalue weighted by Gasteiger charge is 2.31. The number of rotatable bonds is 6. The van der Waals surface area contributed by atoms with Crippen molar-refractivity contribution in [2.45, 2.75) is 45.4 Å². The van der Waals surface area contributed by atoms with Gasteiger partial charge in [0.2, 0.25) is 15.9 Å². The molecule has 146 valence electrons. The van der Waals surface area contributed by atoms with Crippen LogP contribution in [0, 0.1) is 11.8 Å². The van der Waals surface area contributed by atoms with Crippen molar-refractivity contribution in [1.82, 2.24) is 9.62 Å². The summed E-state index contributed by atoms with van der Waals surface area (Å²) in [7, 11) is -3.45. The Kier molecular flexibility index (Phi) is 7.36. The van der Waals surface area contributed by atoms with Crippen molar-refractivity contribution in [3.05, 3.63) is 33.8 Å². The van der Waals surface area contributed by atoms with E-state index in [0.29, 0.717) is 47.5 Å². The van der Waals surface area contributed by atoms with Crippen molar-refractivity contribution in [3.63, 3.8) is 0 Å². The molecule has 2 rings (SSSR count). The van der Waals surface area contributed by atoms with Gasteiger partial charge in [0.25, 0.3) is 0 Å². The predicted molar refractivity (Wildman–Crippen MR) is 106 cm³/mol. The number of nitrogens with zero attached hydrogens (tertiary/aromatic N) is 1. The summed E-state index contributed by atoms with van der Waals surface area (Å²) in [5.74, 6) is 0.136. The molecular formula is C18H26Cl2N2O3S. The number of carbonyl (C=O) groups is 1. The highest BCUT2D eigenvalue weighted by Crippen LogP contribution is 2.26. The van der Waals surface area contributed by atoms with Gasteiger partial charge < -0.3 is 5.32 Å². The molecular weight excluding hydrogens is 395 g/mol. The van der Waals surface area contributed by atoms with Gasteiger partial charge in [0.1, 0.15) is 0 Å². The lowest BCUT2D eigenvalue weighted by molar-refractivity contribution is -0.127. The number of piperidine rings is 1. The smallest absolute Gasteiger partial charge is 0.223 e. The first kappa shape index (κ1) is 21.5. The van der Waals surface area contributed by atoms with E-state index in [2.05, 4.69) is 19.2 Å². The van der Waals surface area contributed by atoms with E-state index >= 15 is 0 Å². The maximum absolute atomic E-state index is 12.6. The molecule has 26 heavy (non-hydrogen) atoms. The Morgan fingerprint density at radius 1 is 1.19 bits per heavy atom. The van der Waals surface area contributed by atoms with E-state index < -0.39 is 10.0 Å². The molecule has 0 saturated carbocycles. The molecule has 0 unspecified atom stereocenters. The quantitative estimate of drug-likeness (QED) is 0.762. The van der Waals surface area contributed by atoms with Gasteiger partial charge in [0.15, 0.2) is 0 Å². The fourth-order valence-corrected chi connectivity index (χ4v) is 4.71. The molecule has 1 heterocycles. The maximum Gasteiger partial charge on any atom is 0.223 e. The summed E-state index contributed by atoms with van der Waals surface area (Å²) in [6, 6.07) is 4.95. The Labute approximate surface area is 166 Å². The van der Waals surface area contributed by atoms with Crippen LogP contribution < -0.4 is 5.32 Å². The number of benzene rings is 1. The number of carbonyl (C=O) groups excluding carboxylic acids is 1. The van der Waals surface area contributed by atoms with E-state index in [-0.39, 0.29) is 23.6 Å². The van der Waals surface area contributed by atoms with E-state index in [4.69, 9.17) is 23.2 Å². The fourth-order valence-electron chi connectivity index (χ4n) is 2.84. The van der Waals surface area contributed by atoms with Crippen LogP contribution in [0.15, 0.2) is 18.2 Å². The molecule has 0 aliphatic carbocycles. The van der Waals surface area contributed by atoms with Gasteiger partial charge in [0.05, 0.1) is 15.8 Å². The molecule has 0 radical (unpaired) electrons. The first-order valence-electron chi connectivity index (χ1n) is 8.82. The van der Waals surface area contributed by atoms with Crippen molar-refractivity contribution in [1.29, 1.82) is 0 Å². The second-order valence-electron chi connectivity index (χ2n) is 7.22. The number of nitrogens with one attached hydrogen (secondary N) is 1. The molecule has 0 aromatic heterocycles. The lowest BCUT2D eigenvalue weighted by Crippen LogP contribution is -2.46. The minimum absolute atomic E-state index is 0.0210. The van der Waals surface area contributed by atoms with Gasteiger partial charge in [0, 0.05) is 25.0 Å². The standard InChI is InChI=1S/C18H26Cl2N2O3S/c1-12(2)13(3)21-18(23)15-6-8-22(9-7-15)26(24,25)11-14-4-5-16(19)17(20)10-14/h4-5,10,12-13,15H,6-9,11H2,1-3H3,(H,21,23)/t13-/m0/s1. The molecule has 1 aliphatic rings. The summed E-state index contributed by atoms with van der Waals surface area (Å²) in [6.07, 6.45) is 1.08. The number of hydrogen-bond acceptors (Lipinski definition) is 3. The predicted octanol–water partition coefficient (Wildman–Crippen LogP) is 3.70. The van der Waals surface area contributed by atoms with Crippen molar-refractivity contribution >= 4 is 39.1 Å². The molecule has 1 amide bonds. The summed E-state index contributed by atoms with van der Waals surface area (Å²) in [5.41, 5.74) is 0.602. The zero-order chi connectivity index (χ0) is 19.5. The second-order valence-corrected chi connectivity index (χ2v) is 10.0. The average molecular weight is 421 g/mol. The lowest BCUT2D eigenvalue weighted by Gasteiger charge is -2.31. The minimum Gasteiger partial charge on any atom is -0.353 e. The van der Waals surface area contributed by atoms with Crippen LogP contribution in [0.1, 0.15) is 39.2 Å². The van der Waals surface area contributed by atoms with Crippen LogP contribution in [-0.4, -0.2) is 37.8 Å². The molecule has 0 bridgehead atoms. The normalized spacial score (nSPS) is 18.1. The summed E-state index contributed by atoms with van der Waals surface area (Å²) in [5, 5.41) is 3.76. The molecule has 8 heteroatoms. The Balaban J connectivity index is 1.93. The highest BCUT2D eigenvalue weighted by atomic mass is 35.5. The van der Waals surface area contributed by atoms with Crippen molar-refractivity contribution < 1.29 is 13.2 Å². The molecule has 1 fully saturated rings. The third-order valence-electron chi connectivity index (χ3n) is 4.92. The number of hydrogen-bond donors (Lipinski definition) is 1. The zero-order valence-corrected chi connectivity index (χ0v) is 17.7. The lowest BCUT2D eigenvalue weighted by atomic mass is 9.96. The third-order valence-corrected chi connectivity index (χ3v) is 7.51. The molecule has 5 nitrogen and oxygen atoms in total. The summed E-state index contributed by atoms with van der Waals surface area (Å²) in [6.45, 7) is 6.82. The molecule has 1 atom stereocenters. The van der Waals surface area contributed by atoms with Gasteiger partial charge in [-0.1, -0.05) is 43.1 Å². The van der Waals surface area contributed by atoms with Crippen LogP contribution in [0.4, 0.5) is 0 Å². The Morgan fingerprint density at radius 2 is 1.81 bits per heavy atom. The molecule has 1 aromatic rings. The van der Waals surface area contributed by atoms with Crippen LogP contribution >= 0.6 is 23.2 Å². The fraction of sp³-hybridized carbons (Fsp3) is 0.611. The van der Waals surface area contributed by atoms with Crippen LogP contribution in [0.3, 0.4) is 0 Å². The summed E-state index contributed by atoms with van der Waals surface area (Å²) >= 11 is 11.8. The maximum atomic E-state index is 12.6. The van der Waals surface area contributed by atoms with Gasteiger partial charge >= 0.3 is 0 Å². The van der Waals surface area contributed by atoms with Crippen LogP contribution in [-0.2, 0) is 20.6 Å². The van der Waals surface area contributed by atoms with Crippen LogP contribution in [0.5, 0.6) is 0 Å². The molecule has 1 N–H and O–H groups in total. The number of amides is 1. The summed E-state index contributed by atoms with van der Waals surface area (Å²) in [4.78, 5) is 12.3. The second kappa shape index (κ2) is 8.91. The van der Waals surface area contributed by atoms with E-state index in [0.717, 1.165) is 0 Å². The largest absolute Gasteiger partial charge is 0.353 e. The van der Waals surface area contributed by atoms with Gasteiger partial charge in [-0.3, -0.25) is 4.79 Å². The average Bonchev–Trinajstić information content (AvgIpc) is 2.58. The highest BCUT2D eigenvalue weighted by molar-refractivity contribution is 7.88. The van der Waals surface area contributed by atoms with Crippen molar-refractivity contribution in [2.24, 2.45) is 11.8 Å². The number of halogens is 2. The van der Waals surface area contributed by atoms with Crippen LogP contribution in [0.25, 0.3) is 0 Å².